The number of carbonyl (C=O) groups excluding carboxylic acids is 5. The van der Waals surface area contributed by atoms with Gasteiger partial charge in [0.05, 0.1) is 62.7 Å². The van der Waals surface area contributed by atoms with Gasteiger partial charge >= 0.3 is 0 Å². The Morgan fingerprint density at radius 2 is 1.43 bits per heavy atom. The molecule has 3 aliphatic heterocycles. The fraction of sp³-hybridized carbons (Fsp3) is 0.431. The second kappa shape index (κ2) is 22.8. The van der Waals surface area contributed by atoms with Crippen molar-refractivity contribution in [3.05, 3.63) is 96.4 Å². The fourth-order valence-electron chi connectivity index (χ4n) is 9.88. The monoisotopic (exact) mass is 956 g/mol. The van der Waals surface area contributed by atoms with Gasteiger partial charge < -0.3 is 39.9 Å². The van der Waals surface area contributed by atoms with Crippen molar-refractivity contribution in [3.8, 4) is 22.6 Å². The molecule has 2 saturated heterocycles. The van der Waals surface area contributed by atoms with Gasteiger partial charge in [0.2, 0.25) is 17.7 Å². The molecule has 4 aliphatic rings. The summed E-state index contributed by atoms with van der Waals surface area (Å²) in [4.78, 5) is 77.9. The van der Waals surface area contributed by atoms with E-state index in [1.165, 1.54) is 6.07 Å². The van der Waals surface area contributed by atoms with Crippen molar-refractivity contribution in [2.45, 2.75) is 56.7 Å². The van der Waals surface area contributed by atoms with Crippen molar-refractivity contribution in [2.75, 3.05) is 96.5 Å². The summed E-state index contributed by atoms with van der Waals surface area (Å²) < 4.78 is 25.5. The van der Waals surface area contributed by atoms with Crippen molar-refractivity contribution in [1.82, 2.24) is 39.9 Å². The van der Waals surface area contributed by atoms with Crippen LogP contribution >= 0.6 is 0 Å². The number of aromatic nitrogens is 3. The zero-order valence-electron chi connectivity index (χ0n) is 39.2. The molecule has 70 heavy (non-hydrogen) atoms. The molecular weight excluding hydrogens is 897 g/mol. The number of nitrogens with two attached hydrogens (primary N) is 1. The molecular formula is C51H60N10O9. The average Bonchev–Trinajstić information content (AvgIpc) is 3.89. The molecule has 5 amide bonds. The lowest BCUT2D eigenvalue weighted by Crippen LogP contribution is -2.54. The Balaban J connectivity index is 0.605. The summed E-state index contributed by atoms with van der Waals surface area (Å²) in [5.41, 5.74) is 9.98. The third-order valence-corrected chi connectivity index (χ3v) is 13.5. The molecule has 0 spiro atoms. The van der Waals surface area contributed by atoms with E-state index in [1.807, 2.05) is 42.5 Å². The predicted molar refractivity (Wildman–Crippen MR) is 260 cm³/mol. The lowest BCUT2D eigenvalue weighted by atomic mass is 9.89. The molecule has 9 rings (SSSR count). The lowest BCUT2D eigenvalue weighted by Gasteiger charge is -2.42. The maximum atomic E-state index is 13.3. The van der Waals surface area contributed by atoms with Crippen LogP contribution in [0.3, 0.4) is 0 Å². The van der Waals surface area contributed by atoms with Gasteiger partial charge in [-0.2, -0.15) is 0 Å². The Hall–Kier alpha value is -6.77. The standard InChI is InChI=1S/C51H60N10O9/c52-47-46-40(34-9-15-38(16-10-34)70-37-5-2-1-3-6-37)32-60(48(46)56-33-55-47)36-13-11-35(12-14-36)59-22-20-58(21-23-59)24-26-68-28-30-69-29-27-67-25-19-53-44(63)31-54-41-8-4-7-39-45(41)51(66)61(50(39)65)42-17-18-43(62)57-49(42)64/h1-10,15-16,32-33,35-36,42,54H,11-14,17-31H2,(H,53,63)(H2,52,55,56)(H,57,62,64)/t35-,36-,42?. The number of nitrogens with zero attached hydrogens (tertiary/aromatic N) is 6. The van der Waals surface area contributed by atoms with E-state index in [0.29, 0.717) is 56.6 Å². The number of piperazine rings is 1. The number of nitrogen functional groups attached to an aromatic ring is 1. The minimum absolute atomic E-state index is 0.0296. The van der Waals surface area contributed by atoms with Crippen molar-refractivity contribution in [3.63, 3.8) is 0 Å². The molecule has 5 N–H and O–H groups in total. The maximum absolute atomic E-state index is 13.3. The van der Waals surface area contributed by atoms with Gasteiger partial charge in [-0.25, -0.2) is 9.97 Å². The van der Waals surface area contributed by atoms with Crippen molar-refractivity contribution in [2.24, 2.45) is 0 Å². The number of para-hydroxylation sites is 1. The zero-order chi connectivity index (χ0) is 48.4. The summed E-state index contributed by atoms with van der Waals surface area (Å²) in [6, 6.07) is 22.4. The van der Waals surface area contributed by atoms with E-state index in [2.05, 4.69) is 53.6 Å². The van der Waals surface area contributed by atoms with Crippen LogP contribution in [0.1, 0.15) is 65.3 Å². The van der Waals surface area contributed by atoms with Crippen molar-refractivity contribution < 1.29 is 42.9 Å². The summed E-state index contributed by atoms with van der Waals surface area (Å²) in [6.07, 6.45) is 8.30. The molecule has 5 heterocycles. The number of amides is 5. The van der Waals surface area contributed by atoms with Crippen LogP contribution < -0.4 is 26.4 Å². The molecule has 2 aromatic heterocycles. The molecule has 368 valence electrons. The highest BCUT2D eigenvalue weighted by atomic mass is 16.5. The van der Waals surface area contributed by atoms with Crippen LogP contribution in [0.25, 0.3) is 22.2 Å². The number of ether oxygens (including phenoxy) is 4. The van der Waals surface area contributed by atoms with Crippen LogP contribution in [0.2, 0.25) is 0 Å². The zero-order valence-corrected chi connectivity index (χ0v) is 39.2. The fourth-order valence-corrected chi connectivity index (χ4v) is 9.88. The highest BCUT2D eigenvalue weighted by Gasteiger charge is 2.45. The number of fused-ring (bicyclic) bond motifs is 2. The average molecular weight is 957 g/mol. The SMILES string of the molecule is Nc1ncnc2c1c(-c1ccc(Oc3ccccc3)cc1)cn2[C@H]1CC[C@H](N2CCN(CCOCCOCCOCCNC(=O)CNc3cccc4c3C(=O)N(C3CCC(=O)NC3=O)C4=O)CC2)CC1. The summed E-state index contributed by atoms with van der Waals surface area (Å²) >= 11 is 0. The van der Waals surface area contributed by atoms with E-state index < -0.39 is 29.7 Å². The lowest BCUT2D eigenvalue weighted by molar-refractivity contribution is -0.136. The molecule has 3 aromatic carbocycles. The number of nitrogens with one attached hydrogen (secondary N) is 3. The third-order valence-electron chi connectivity index (χ3n) is 13.5. The first-order valence-corrected chi connectivity index (χ1v) is 24.2. The number of anilines is 2. The van der Waals surface area contributed by atoms with Crippen LogP contribution in [0, 0.1) is 0 Å². The van der Waals surface area contributed by atoms with Crippen molar-refractivity contribution in [1.29, 1.82) is 0 Å². The number of piperidine rings is 1. The van der Waals surface area contributed by atoms with Gasteiger partial charge in [0.1, 0.15) is 35.3 Å². The van der Waals surface area contributed by atoms with Gasteiger partial charge in [0.15, 0.2) is 0 Å². The van der Waals surface area contributed by atoms with Crippen LogP contribution in [0.5, 0.6) is 11.5 Å². The molecule has 5 aromatic rings. The Morgan fingerprint density at radius 3 is 2.17 bits per heavy atom. The Morgan fingerprint density at radius 1 is 0.729 bits per heavy atom. The molecule has 0 radical (unpaired) electrons. The number of benzene rings is 3. The molecule has 19 heteroatoms. The first-order chi connectivity index (χ1) is 34.2. The van der Waals surface area contributed by atoms with Gasteiger partial charge in [-0.05, 0) is 74.1 Å². The summed E-state index contributed by atoms with van der Waals surface area (Å²) in [7, 11) is 0. The third kappa shape index (κ3) is 11.3. The van der Waals surface area contributed by atoms with E-state index in [1.54, 1.807) is 18.5 Å². The summed E-state index contributed by atoms with van der Waals surface area (Å²) in [5, 5.41) is 8.76. The quantitative estimate of drug-likeness (QED) is 0.0596. The number of rotatable bonds is 21. The molecule has 19 nitrogen and oxygen atoms in total. The Kier molecular flexibility index (Phi) is 15.7. The highest BCUT2D eigenvalue weighted by molar-refractivity contribution is 6.25. The van der Waals surface area contributed by atoms with Crippen molar-refractivity contribution >= 4 is 52.1 Å². The molecule has 1 atom stereocenters. The van der Waals surface area contributed by atoms with E-state index in [0.717, 1.165) is 97.0 Å². The van der Waals surface area contributed by atoms with Gasteiger partial charge in [-0.3, -0.25) is 44.0 Å². The predicted octanol–water partition coefficient (Wildman–Crippen LogP) is 4.25. The molecule has 3 fully saturated rings. The Bertz CT molecular complexity index is 2650. The number of imide groups is 2. The molecule has 1 saturated carbocycles. The van der Waals surface area contributed by atoms with Crippen LogP contribution in [0.4, 0.5) is 11.5 Å². The smallest absolute Gasteiger partial charge is 0.264 e. The molecule has 0 bridgehead atoms. The van der Waals surface area contributed by atoms with Gasteiger partial charge in [0, 0.05) is 75.2 Å². The van der Waals surface area contributed by atoms with E-state index >= 15 is 0 Å². The minimum Gasteiger partial charge on any atom is -0.457 e. The van der Waals surface area contributed by atoms with E-state index in [9.17, 15) is 24.0 Å². The van der Waals surface area contributed by atoms with Crippen LogP contribution in [-0.2, 0) is 28.6 Å². The minimum atomic E-state index is -1.07. The van der Waals surface area contributed by atoms with Crippen LogP contribution in [-0.4, -0.2) is 156 Å². The highest BCUT2D eigenvalue weighted by Crippen LogP contribution is 2.40. The van der Waals surface area contributed by atoms with Gasteiger partial charge in [-0.15, -0.1) is 0 Å². The maximum Gasteiger partial charge on any atom is 0.264 e. The van der Waals surface area contributed by atoms with E-state index in [4.69, 9.17) is 29.7 Å². The van der Waals surface area contributed by atoms with Gasteiger partial charge in [0.25, 0.3) is 11.8 Å². The number of hydrogen-bond acceptors (Lipinski definition) is 15. The number of carbonyl (C=O) groups is 5. The second-order valence-corrected chi connectivity index (χ2v) is 17.9. The summed E-state index contributed by atoms with van der Waals surface area (Å²) in [5.74, 6) is -0.658. The topological polar surface area (TPSA) is 225 Å². The molecule has 1 unspecified atom stereocenters. The number of hydrogen-bond donors (Lipinski definition) is 4. The second-order valence-electron chi connectivity index (χ2n) is 17.9. The Labute approximate surface area is 406 Å². The van der Waals surface area contributed by atoms with E-state index in [-0.39, 0.29) is 49.6 Å². The summed E-state index contributed by atoms with van der Waals surface area (Å²) in [6.45, 7) is 7.83. The van der Waals surface area contributed by atoms with Crippen LogP contribution in [0.15, 0.2) is 85.3 Å². The normalized spacial score (nSPS) is 19.9. The first kappa shape index (κ1) is 48.3. The van der Waals surface area contributed by atoms with Gasteiger partial charge in [-0.1, -0.05) is 36.4 Å². The molecule has 1 aliphatic carbocycles. The first-order valence-electron chi connectivity index (χ1n) is 24.2. The largest absolute Gasteiger partial charge is 0.457 e.